The lowest BCUT2D eigenvalue weighted by Gasteiger charge is -2.32. The highest BCUT2D eigenvalue weighted by molar-refractivity contribution is 5.33. The molecular weight excluding hydrogens is 300 g/mol. The number of piperidine rings is 1. The van der Waals surface area contributed by atoms with Gasteiger partial charge in [-0.2, -0.15) is 5.10 Å². The molecule has 6 nitrogen and oxygen atoms in total. The second-order valence-electron chi connectivity index (χ2n) is 6.99. The Hall–Kier alpha value is -1.95. The van der Waals surface area contributed by atoms with Crippen LogP contribution in [-0.4, -0.2) is 43.8 Å². The van der Waals surface area contributed by atoms with Crippen molar-refractivity contribution >= 4 is 5.82 Å². The second kappa shape index (κ2) is 6.89. The van der Waals surface area contributed by atoms with Crippen molar-refractivity contribution in [1.82, 2.24) is 24.6 Å². The van der Waals surface area contributed by atoms with E-state index in [0.29, 0.717) is 6.04 Å². The van der Waals surface area contributed by atoms with Gasteiger partial charge in [-0.15, -0.1) is 0 Å². The SMILES string of the molecule is Cn1nc2c(c1CN1CCC(Nc3ccncn3)CC1)CCCC2. The van der Waals surface area contributed by atoms with Gasteiger partial charge in [-0.3, -0.25) is 9.58 Å². The predicted molar refractivity (Wildman–Crippen MR) is 93.8 cm³/mol. The smallest absolute Gasteiger partial charge is 0.129 e. The summed E-state index contributed by atoms with van der Waals surface area (Å²) in [5, 5.41) is 8.28. The van der Waals surface area contributed by atoms with Crippen LogP contribution in [0.3, 0.4) is 0 Å². The number of hydrogen-bond donors (Lipinski definition) is 1. The summed E-state index contributed by atoms with van der Waals surface area (Å²) in [4.78, 5) is 10.8. The third-order valence-corrected chi connectivity index (χ3v) is 5.34. The molecule has 0 amide bonds. The number of hydrogen-bond acceptors (Lipinski definition) is 5. The van der Waals surface area contributed by atoms with Crippen molar-refractivity contribution in [1.29, 1.82) is 0 Å². The molecule has 0 aromatic carbocycles. The fourth-order valence-corrected chi connectivity index (χ4v) is 3.98. The Morgan fingerprint density at radius 3 is 2.83 bits per heavy atom. The van der Waals surface area contributed by atoms with Gasteiger partial charge < -0.3 is 5.32 Å². The summed E-state index contributed by atoms with van der Waals surface area (Å²) < 4.78 is 2.13. The van der Waals surface area contributed by atoms with E-state index in [9.17, 15) is 0 Å². The maximum atomic E-state index is 4.75. The van der Waals surface area contributed by atoms with Crippen LogP contribution in [0.2, 0.25) is 0 Å². The second-order valence-corrected chi connectivity index (χ2v) is 6.99. The number of likely N-dealkylation sites (tertiary alicyclic amines) is 1. The van der Waals surface area contributed by atoms with E-state index >= 15 is 0 Å². The van der Waals surface area contributed by atoms with E-state index < -0.39 is 0 Å². The normalized spacial score (nSPS) is 19.2. The average Bonchev–Trinajstić information content (AvgIpc) is 2.93. The maximum absolute atomic E-state index is 4.75. The predicted octanol–water partition coefficient (Wildman–Crippen LogP) is 2.17. The molecular formula is C18H26N6. The van der Waals surface area contributed by atoms with Gasteiger partial charge in [0, 0.05) is 38.9 Å². The van der Waals surface area contributed by atoms with Crippen molar-refractivity contribution in [3.8, 4) is 0 Å². The van der Waals surface area contributed by atoms with Crippen LogP contribution in [0.5, 0.6) is 0 Å². The zero-order valence-electron chi connectivity index (χ0n) is 14.4. The van der Waals surface area contributed by atoms with Crippen LogP contribution >= 0.6 is 0 Å². The quantitative estimate of drug-likeness (QED) is 0.933. The first-order valence-corrected chi connectivity index (χ1v) is 9.08. The zero-order valence-corrected chi connectivity index (χ0v) is 14.4. The average molecular weight is 326 g/mol. The van der Waals surface area contributed by atoms with Crippen molar-refractivity contribution in [2.75, 3.05) is 18.4 Å². The Kier molecular flexibility index (Phi) is 4.47. The van der Waals surface area contributed by atoms with Crippen LogP contribution in [-0.2, 0) is 26.4 Å². The first kappa shape index (κ1) is 15.6. The molecule has 2 aromatic heterocycles. The molecule has 24 heavy (non-hydrogen) atoms. The minimum Gasteiger partial charge on any atom is -0.367 e. The molecule has 0 spiro atoms. The third-order valence-electron chi connectivity index (χ3n) is 5.34. The van der Waals surface area contributed by atoms with Crippen molar-refractivity contribution in [3.05, 3.63) is 35.5 Å². The largest absolute Gasteiger partial charge is 0.367 e. The third kappa shape index (κ3) is 3.29. The molecule has 1 aliphatic carbocycles. The molecule has 0 radical (unpaired) electrons. The van der Waals surface area contributed by atoms with Gasteiger partial charge in [0.2, 0.25) is 0 Å². The van der Waals surface area contributed by atoms with Crippen molar-refractivity contribution in [2.24, 2.45) is 7.05 Å². The summed E-state index contributed by atoms with van der Waals surface area (Å²) in [6.07, 6.45) is 10.7. The van der Waals surface area contributed by atoms with E-state index in [1.807, 2.05) is 6.07 Å². The minimum atomic E-state index is 0.511. The summed E-state index contributed by atoms with van der Waals surface area (Å²) in [6, 6.07) is 2.45. The Bertz CT molecular complexity index is 672. The van der Waals surface area contributed by atoms with Crippen molar-refractivity contribution in [2.45, 2.75) is 51.1 Å². The van der Waals surface area contributed by atoms with Gasteiger partial charge in [-0.1, -0.05) is 0 Å². The highest BCUT2D eigenvalue weighted by atomic mass is 15.3. The van der Waals surface area contributed by atoms with Crippen LogP contribution in [0.25, 0.3) is 0 Å². The minimum absolute atomic E-state index is 0.511. The first-order valence-electron chi connectivity index (χ1n) is 9.08. The Balaban J connectivity index is 1.34. The molecule has 128 valence electrons. The number of nitrogens with one attached hydrogen (secondary N) is 1. The van der Waals surface area contributed by atoms with Gasteiger partial charge >= 0.3 is 0 Å². The summed E-state index contributed by atoms with van der Waals surface area (Å²) in [6.45, 7) is 3.30. The van der Waals surface area contributed by atoms with Crippen LogP contribution < -0.4 is 5.32 Å². The maximum Gasteiger partial charge on any atom is 0.129 e. The fraction of sp³-hybridized carbons (Fsp3) is 0.611. The molecule has 4 rings (SSSR count). The van der Waals surface area contributed by atoms with Gasteiger partial charge in [0.1, 0.15) is 12.1 Å². The Morgan fingerprint density at radius 2 is 2.04 bits per heavy atom. The first-order chi connectivity index (χ1) is 11.8. The lowest BCUT2D eigenvalue weighted by Crippen LogP contribution is -2.39. The van der Waals surface area contributed by atoms with Crippen LogP contribution in [0.4, 0.5) is 5.82 Å². The van der Waals surface area contributed by atoms with Crippen molar-refractivity contribution in [3.63, 3.8) is 0 Å². The number of fused-ring (bicyclic) bond motifs is 1. The Morgan fingerprint density at radius 1 is 1.21 bits per heavy atom. The summed E-state index contributed by atoms with van der Waals surface area (Å²) >= 11 is 0. The molecule has 2 aliphatic rings. The van der Waals surface area contributed by atoms with E-state index in [0.717, 1.165) is 44.7 Å². The van der Waals surface area contributed by atoms with Crippen molar-refractivity contribution < 1.29 is 0 Å². The molecule has 1 aliphatic heterocycles. The molecule has 1 fully saturated rings. The molecule has 2 aromatic rings. The number of nitrogens with zero attached hydrogens (tertiary/aromatic N) is 5. The molecule has 1 N–H and O–H groups in total. The zero-order chi connectivity index (χ0) is 16.4. The number of anilines is 1. The van der Waals surface area contributed by atoms with Gasteiger partial charge in [-0.25, -0.2) is 9.97 Å². The van der Waals surface area contributed by atoms with E-state index in [2.05, 4.69) is 31.9 Å². The lowest BCUT2D eigenvalue weighted by molar-refractivity contribution is 0.206. The van der Waals surface area contributed by atoms with Gasteiger partial charge in [0.05, 0.1) is 11.4 Å². The molecule has 1 saturated heterocycles. The summed E-state index contributed by atoms with van der Waals surface area (Å²) in [7, 11) is 2.11. The highest BCUT2D eigenvalue weighted by Crippen LogP contribution is 2.25. The van der Waals surface area contributed by atoms with E-state index in [1.54, 1.807) is 12.5 Å². The topological polar surface area (TPSA) is 58.9 Å². The summed E-state index contributed by atoms with van der Waals surface area (Å²) in [5.41, 5.74) is 4.32. The van der Waals surface area contributed by atoms with Gasteiger partial charge in [0.15, 0.2) is 0 Å². The molecule has 6 heteroatoms. The van der Waals surface area contributed by atoms with E-state index in [-0.39, 0.29) is 0 Å². The fourth-order valence-electron chi connectivity index (χ4n) is 3.98. The van der Waals surface area contributed by atoms with Crippen LogP contribution in [0.1, 0.15) is 42.6 Å². The summed E-state index contributed by atoms with van der Waals surface area (Å²) in [5.74, 6) is 0.934. The van der Waals surface area contributed by atoms with E-state index in [1.165, 1.54) is 36.2 Å². The van der Waals surface area contributed by atoms with Gasteiger partial charge in [0.25, 0.3) is 0 Å². The van der Waals surface area contributed by atoms with E-state index in [4.69, 9.17) is 5.10 Å². The molecule has 0 bridgehead atoms. The molecule has 0 saturated carbocycles. The van der Waals surface area contributed by atoms with Gasteiger partial charge in [-0.05, 0) is 50.2 Å². The monoisotopic (exact) mass is 326 g/mol. The number of aromatic nitrogens is 4. The van der Waals surface area contributed by atoms with Crippen LogP contribution in [0.15, 0.2) is 18.6 Å². The number of aryl methyl sites for hydroxylation is 2. The highest BCUT2D eigenvalue weighted by Gasteiger charge is 2.24. The molecule has 3 heterocycles. The lowest BCUT2D eigenvalue weighted by atomic mass is 9.95. The standard InChI is InChI=1S/C18H26N6/c1-23-17(15-4-2-3-5-16(15)22-23)12-24-10-7-14(8-11-24)21-18-6-9-19-13-20-18/h6,9,13-14H,2-5,7-8,10-12H2,1H3,(H,19,20,21). The molecule has 0 unspecified atom stereocenters. The van der Waals surface area contributed by atoms with Crippen LogP contribution in [0, 0.1) is 0 Å². The molecule has 0 atom stereocenters. The number of rotatable bonds is 4. The Labute approximate surface area is 143 Å².